The largest absolute Gasteiger partial charge is 0.422 e. The molecular formula is C19H24N6O2. The van der Waals surface area contributed by atoms with Crippen LogP contribution in [0.15, 0.2) is 35.0 Å². The van der Waals surface area contributed by atoms with Crippen LogP contribution in [-0.2, 0) is 11.3 Å². The Morgan fingerprint density at radius 2 is 2.15 bits per heavy atom. The van der Waals surface area contributed by atoms with Crippen molar-refractivity contribution in [3.05, 3.63) is 36.3 Å². The van der Waals surface area contributed by atoms with Gasteiger partial charge in [-0.05, 0) is 44.4 Å². The van der Waals surface area contributed by atoms with E-state index in [4.69, 9.17) is 4.42 Å². The number of oxazole rings is 1. The maximum absolute atomic E-state index is 12.4. The van der Waals surface area contributed by atoms with Gasteiger partial charge in [-0.3, -0.25) is 9.48 Å². The molecule has 0 atom stereocenters. The first-order chi connectivity index (χ1) is 13.2. The lowest BCUT2D eigenvalue weighted by molar-refractivity contribution is -0.125. The topological polar surface area (TPSA) is 89.1 Å². The van der Waals surface area contributed by atoms with Crippen molar-refractivity contribution >= 4 is 23.2 Å². The number of anilines is 1. The van der Waals surface area contributed by atoms with E-state index in [1.807, 2.05) is 36.0 Å². The summed E-state index contributed by atoms with van der Waals surface area (Å²) in [5.74, 6) is 0.195. The van der Waals surface area contributed by atoms with Gasteiger partial charge in [0.2, 0.25) is 11.6 Å². The fraction of sp³-hybridized carbons (Fsp3) is 0.474. The van der Waals surface area contributed by atoms with Crippen molar-refractivity contribution in [1.29, 1.82) is 0 Å². The van der Waals surface area contributed by atoms with Gasteiger partial charge in [0, 0.05) is 50.2 Å². The van der Waals surface area contributed by atoms with Gasteiger partial charge in [-0.1, -0.05) is 0 Å². The summed E-state index contributed by atoms with van der Waals surface area (Å²) in [5.41, 5.74) is 2.26. The van der Waals surface area contributed by atoms with E-state index in [2.05, 4.69) is 25.3 Å². The summed E-state index contributed by atoms with van der Waals surface area (Å²) in [6, 6.07) is 6.32. The second-order valence-corrected chi connectivity index (χ2v) is 6.95. The van der Waals surface area contributed by atoms with Gasteiger partial charge < -0.3 is 14.6 Å². The van der Waals surface area contributed by atoms with E-state index in [0.717, 1.165) is 44.6 Å². The van der Waals surface area contributed by atoms with E-state index in [0.29, 0.717) is 23.8 Å². The number of carbonyl (C=O) groups is 1. The monoisotopic (exact) mass is 368 g/mol. The first-order valence-corrected chi connectivity index (χ1v) is 9.43. The van der Waals surface area contributed by atoms with Crippen LogP contribution in [0.1, 0.15) is 25.0 Å². The quantitative estimate of drug-likeness (QED) is 0.671. The van der Waals surface area contributed by atoms with Crippen molar-refractivity contribution < 1.29 is 9.21 Å². The standard InChI is InChI=1S/C19H24N6O2/c1-14-4-5-16-17(22-14)23-19(27-16)24-12-6-15(7-13-24)18(26)20-8-2-10-25-11-3-9-21-25/h3-5,9,11,15H,2,6-8,10,12-13H2,1H3,(H,20,26). The van der Waals surface area contributed by atoms with Crippen LogP contribution in [0.4, 0.5) is 6.01 Å². The van der Waals surface area contributed by atoms with E-state index in [-0.39, 0.29) is 11.8 Å². The lowest BCUT2D eigenvalue weighted by Gasteiger charge is -2.30. The molecule has 3 aromatic heterocycles. The molecule has 142 valence electrons. The number of piperidine rings is 1. The van der Waals surface area contributed by atoms with E-state index < -0.39 is 0 Å². The second kappa shape index (κ2) is 7.77. The highest BCUT2D eigenvalue weighted by atomic mass is 16.4. The lowest BCUT2D eigenvalue weighted by Crippen LogP contribution is -2.41. The van der Waals surface area contributed by atoms with E-state index in [1.165, 1.54) is 0 Å². The van der Waals surface area contributed by atoms with Gasteiger partial charge in [0.25, 0.3) is 6.01 Å². The minimum atomic E-state index is 0.0516. The minimum absolute atomic E-state index is 0.0516. The van der Waals surface area contributed by atoms with Gasteiger partial charge in [0.15, 0.2) is 5.58 Å². The number of fused-ring (bicyclic) bond motifs is 1. The molecule has 0 saturated carbocycles. The fourth-order valence-corrected chi connectivity index (χ4v) is 3.40. The lowest BCUT2D eigenvalue weighted by atomic mass is 9.96. The molecule has 27 heavy (non-hydrogen) atoms. The molecule has 0 bridgehead atoms. The SMILES string of the molecule is Cc1ccc2oc(N3CCC(C(=O)NCCCn4cccn4)CC3)nc2n1. The summed E-state index contributed by atoms with van der Waals surface area (Å²) >= 11 is 0. The zero-order chi connectivity index (χ0) is 18.6. The number of pyridine rings is 1. The summed E-state index contributed by atoms with van der Waals surface area (Å²) in [4.78, 5) is 23.4. The fourth-order valence-electron chi connectivity index (χ4n) is 3.40. The van der Waals surface area contributed by atoms with Gasteiger partial charge >= 0.3 is 0 Å². The first-order valence-electron chi connectivity index (χ1n) is 9.43. The molecule has 0 radical (unpaired) electrons. The summed E-state index contributed by atoms with van der Waals surface area (Å²) in [6.45, 7) is 4.95. The molecule has 8 nitrogen and oxygen atoms in total. The summed E-state index contributed by atoms with van der Waals surface area (Å²) < 4.78 is 7.69. The highest BCUT2D eigenvalue weighted by molar-refractivity contribution is 5.79. The summed E-state index contributed by atoms with van der Waals surface area (Å²) in [6.07, 6.45) is 6.18. The van der Waals surface area contributed by atoms with Crippen molar-refractivity contribution in [2.24, 2.45) is 5.92 Å². The Kier molecular flexibility index (Phi) is 5.04. The maximum Gasteiger partial charge on any atom is 0.299 e. The third-order valence-corrected chi connectivity index (χ3v) is 4.94. The predicted molar refractivity (Wildman–Crippen MR) is 101 cm³/mol. The zero-order valence-corrected chi connectivity index (χ0v) is 15.5. The molecule has 0 aromatic carbocycles. The average molecular weight is 368 g/mol. The Balaban J connectivity index is 1.24. The number of nitrogens with one attached hydrogen (secondary N) is 1. The summed E-state index contributed by atoms with van der Waals surface area (Å²) in [5, 5.41) is 7.21. The summed E-state index contributed by atoms with van der Waals surface area (Å²) in [7, 11) is 0. The molecule has 1 aliphatic heterocycles. The molecule has 3 aromatic rings. The van der Waals surface area contributed by atoms with Gasteiger partial charge in [-0.25, -0.2) is 4.98 Å². The van der Waals surface area contributed by atoms with E-state index >= 15 is 0 Å². The normalized spacial score (nSPS) is 15.4. The van der Waals surface area contributed by atoms with Crippen molar-refractivity contribution in [2.75, 3.05) is 24.5 Å². The van der Waals surface area contributed by atoms with E-state index in [9.17, 15) is 4.79 Å². The average Bonchev–Trinajstić information content (AvgIpc) is 3.34. The number of amides is 1. The predicted octanol–water partition coefficient (Wildman–Crippen LogP) is 2.15. The number of hydrogen-bond donors (Lipinski definition) is 1. The van der Waals surface area contributed by atoms with Gasteiger partial charge in [-0.2, -0.15) is 10.1 Å². The number of carbonyl (C=O) groups excluding carboxylic acids is 1. The van der Waals surface area contributed by atoms with Crippen molar-refractivity contribution in [3.8, 4) is 0 Å². The third kappa shape index (κ3) is 4.10. The highest BCUT2D eigenvalue weighted by Crippen LogP contribution is 2.26. The molecule has 0 unspecified atom stereocenters. The molecule has 1 amide bonds. The van der Waals surface area contributed by atoms with E-state index in [1.54, 1.807) is 6.20 Å². The Hall–Kier alpha value is -2.90. The number of nitrogens with zero attached hydrogens (tertiary/aromatic N) is 5. The maximum atomic E-state index is 12.4. The smallest absolute Gasteiger partial charge is 0.299 e. The number of rotatable bonds is 6. The molecule has 0 aliphatic carbocycles. The molecule has 4 heterocycles. The highest BCUT2D eigenvalue weighted by Gasteiger charge is 2.27. The van der Waals surface area contributed by atoms with Gasteiger partial charge in [-0.15, -0.1) is 0 Å². The first kappa shape index (κ1) is 17.5. The van der Waals surface area contributed by atoms with Crippen LogP contribution in [0, 0.1) is 12.8 Å². The van der Waals surface area contributed by atoms with Gasteiger partial charge in [0.1, 0.15) is 0 Å². The van der Waals surface area contributed by atoms with Crippen LogP contribution in [-0.4, -0.2) is 45.3 Å². The van der Waals surface area contributed by atoms with Crippen LogP contribution >= 0.6 is 0 Å². The number of aromatic nitrogens is 4. The minimum Gasteiger partial charge on any atom is -0.422 e. The van der Waals surface area contributed by atoms with Crippen molar-refractivity contribution in [2.45, 2.75) is 32.7 Å². The van der Waals surface area contributed by atoms with Gasteiger partial charge in [0.05, 0.1) is 0 Å². The third-order valence-electron chi connectivity index (χ3n) is 4.94. The van der Waals surface area contributed by atoms with Crippen molar-refractivity contribution in [3.63, 3.8) is 0 Å². The zero-order valence-electron chi connectivity index (χ0n) is 15.5. The molecular weight excluding hydrogens is 344 g/mol. The molecule has 8 heteroatoms. The van der Waals surface area contributed by atoms with Crippen molar-refractivity contribution in [1.82, 2.24) is 25.1 Å². The Morgan fingerprint density at radius 1 is 1.30 bits per heavy atom. The number of aryl methyl sites for hydroxylation is 2. The van der Waals surface area contributed by atoms with Crippen LogP contribution < -0.4 is 10.2 Å². The van der Waals surface area contributed by atoms with Crippen LogP contribution in [0.25, 0.3) is 11.2 Å². The van der Waals surface area contributed by atoms with Crippen LogP contribution in [0.5, 0.6) is 0 Å². The second-order valence-electron chi connectivity index (χ2n) is 6.95. The van der Waals surface area contributed by atoms with Crippen LogP contribution in [0.2, 0.25) is 0 Å². The Bertz CT molecular complexity index is 896. The molecule has 1 aliphatic rings. The van der Waals surface area contributed by atoms with Crippen LogP contribution in [0.3, 0.4) is 0 Å². The number of hydrogen-bond acceptors (Lipinski definition) is 6. The Labute approximate surface area is 157 Å². The molecule has 1 N–H and O–H groups in total. The molecule has 1 saturated heterocycles. The molecule has 4 rings (SSSR count). The Morgan fingerprint density at radius 3 is 2.93 bits per heavy atom. The molecule has 1 fully saturated rings. The molecule has 0 spiro atoms.